The van der Waals surface area contributed by atoms with Crippen molar-refractivity contribution in [1.82, 2.24) is 20.5 Å². The second-order valence-electron chi connectivity index (χ2n) is 5.68. The molecule has 4 rings (SSSR count). The summed E-state index contributed by atoms with van der Waals surface area (Å²) in [7, 11) is 0. The number of rotatable bonds is 3. The number of aromatic nitrogens is 3. The highest BCUT2D eigenvalue weighted by Gasteiger charge is 2.39. The van der Waals surface area contributed by atoms with E-state index >= 15 is 0 Å². The van der Waals surface area contributed by atoms with Gasteiger partial charge in [0.1, 0.15) is 0 Å². The van der Waals surface area contributed by atoms with Gasteiger partial charge in [0.05, 0.1) is 12.2 Å². The predicted molar refractivity (Wildman–Crippen MR) is 74.6 cm³/mol. The van der Waals surface area contributed by atoms with Crippen molar-refractivity contribution in [2.24, 2.45) is 17.8 Å². The van der Waals surface area contributed by atoms with Gasteiger partial charge in [-0.15, -0.1) is 0 Å². The number of H-pyrrole nitrogens is 1. The number of nitrogens with zero attached hydrogens (tertiary/aromatic N) is 2. The molecule has 2 N–H and O–H groups in total. The number of allylic oxidation sites excluding steroid dienone is 2. The van der Waals surface area contributed by atoms with Crippen LogP contribution in [0, 0.1) is 17.8 Å². The van der Waals surface area contributed by atoms with Crippen LogP contribution in [0.4, 0.5) is 0 Å². The van der Waals surface area contributed by atoms with E-state index in [-0.39, 0.29) is 11.8 Å². The first-order valence-corrected chi connectivity index (χ1v) is 7.05. The SMILES string of the molecule is O=C(NCc1[nH]nc2ncccc12)[C@@H]1C[C@@H]2C=C[C@H]1C2. The topological polar surface area (TPSA) is 70.7 Å². The Morgan fingerprint density at radius 2 is 2.35 bits per heavy atom. The molecule has 0 unspecified atom stereocenters. The van der Waals surface area contributed by atoms with E-state index in [0.29, 0.717) is 24.0 Å². The molecule has 1 fully saturated rings. The van der Waals surface area contributed by atoms with Gasteiger partial charge in [0.2, 0.25) is 5.91 Å². The summed E-state index contributed by atoms with van der Waals surface area (Å²) in [6, 6.07) is 3.84. The van der Waals surface area contributed by atoms with Crippen LogP contribution in [0.25, 0.3) is 11.0 Å². The van der Waals surface area contributed by atoms with Crippen molar-refractivity contribution in [1.29, 1.82) is 0 Å². The van der Waals surface area contributed by atoms with Gasteiger partial charge in [-0.1, -0.05) is 12.2 Å². The highest BCUT2D eigenvalue weighted by Crippen LogP contribution is 2.43. The monoisotopic (exact) mass is 268 g/mol. The van der Waals surface area contributed by atoms with Crippen LogP contribution in [0.2, 0.25) is 0 Å². The third-order valence-corrected chi connectivity index (χ3v) is 4.46. The van der Waals surface area contributed by atoms with Crippen LogP contribution in [-0.2, 0) is 11.3 Å². The van der Waals surface area contributed by atoms with Gasteiger partial charge in [-0.3, -0.25) is 9.89 Å². The molecule has 2 aromatic heterocycles. The lowest BCUT2D eigenvalue weighted by Crippen LogP contribution is -2.32. The first-order chi connectivity index (χ1) is 9.81. The first kappa shape index (κ1) is 11.6. The molecule has 0 radical (unpaired) electrons. The number of fused-ring (bicyclic) bond motifs is 3. The van der Waals surface area contributed by atoms with E-state index in [1.807, 2.05) is 12.1 Å². The van der Waals surface area contributed by atoms with Crippen molar-refractivity contribution >= 4 is 16.9 Å². The van der Waals surface area contributed by atoms with Gasteiger partial charge < -0.3 is 5.32 Å². The summed E-state index contributed by atoms with van der Waals surface area (Å²) < 4.78 is 0. The summed E-state index contributed by atoms with van der Waals surface area (Å²) in [4.78, 5) is 16.4. The molecule has 1 amide bonds. The van der Waals surface area contributed by atoms with E-state index in [2.05, 4.69) is 32.7 Å². The lowest BCUT2D eigenvalue weighted by molar-refractivity contribution is -0.125. The summed E-state index contributed by atoms with van der Waals surface area (Å²) in [6.07, 6.45) is 8.32. The van der Waals surface area contributed by atoms with Crippen molar-refractivity contribution in [2.75, 3.05) is 0 Å². The minimum Gasteiger partial charge on any atom is -0.350 e. The summed E-state index contributed by atoms with van der Waals surface area (Å²) in [5, 5.41) is 11.1. The Labute approximate surface area is 116 Å². The molecule has 2 aliphatic carbocycles. The summed E-state index contributed by atoms with van der Waals surface area (Å²) in [5.41, 5.74) is 1.61. The van der Waals surface area contributed by atoms with Gasteiger partial charge in [-0.25, -0.2) is 4.98 Å². The number of hydrogen-bond acceptors (Lipinski definition) is 3. The molecule has 2 bridgehead atoms. The quantitative estimate of drug-likeness (QED) is 0.834. The Bertz CT molecular complexity index is 690. The second-order valence-corrected chi connectivity index (χ2v) is 5.68. The Balaban J connectivity index is 1.45. The van der Waals surface area contributed by atoms with E-state index in [4.69, 9.17) is 0 Å². The van der Waals surface area contributed by atoms with Crippen molar-refractivity contribution < 1.29 is 4.79 Å². The summed E-state index contributed by atoms with van der Waals surface area (Å²) in [6.45, 7) is 0.485. The maximum atomic E-state index is 12.3. The van der Waals surface area contributed by atoms with Crippen molar-refractivity contribution in [2.45, 2.75) is 19.4 Å². The molecule has 5 heteroatoms. The van der Waals surface area contributed by atoms with Gasteiger partial charge in [0.15, 0.2) is 5.65 Å². The van der Waals surface area contributed by atoms with Gasteiger partial charge in [0.25, 0.3) is 0 Å². The standard InChI is InChI=1S/C15H16N4O/c20-15(12-7-9-3-4-10(12)6-9)17-8-13-11-2-1-5-16-14(11)19-18-13/h1-5,9-10,12H,6-8H2,(H,17,20)(H,16,18,19)/t9-,10+,12-/m1/s1. The van der Waals surface area contributed by atoms with Crippen LogP contribution in [0.5, 0.6) is 0 Å². The van der Waals surface area contributed by atoms with Gasteiger partial charge >= 0.3 is 0 Å². The molecule has 5 nitrogen and oxygen atoms in total. The van der Waals surface area contributed by atoms with Crippen LogP contribution in [0.15, 0.2) is 30.5 Å². The smallest absolute Gasteiger partial charge is 0.224 e. The normalized spacial score (nSPS) is 27.3. The highest BCUT2D eigenvalue weighted by molar-refractivity contribution is 5.81. The van der Waals surface area contributed by atoms with Gasteiger partial charge in [-0.2, -0.15) is 5.10 Å². The minimum absolute atomic E-state index is 0.150. The van der Waals surface area contributed by atoms with E-state index in [1.54, 1.807) is 6.20 Å². The Hall–Kier alpha value is -2.17. The fourth-order valence-electron chi connectivity index (χ4n) is 3.43. The molecule has 3 atom stereocenters. The Morgan fingerprint density at radius 1 is 1.40 bits per heavy atom. The molecule has 20 heavy (non-hydrogen) atoms. The van der Waals surface area contributed by atoms with Crippen molar-refractivity contribution in [3.05, 3.63) is 36.2 Å². The molecule has 0 aromatic carbocycles. The number of carbonyl (C=O) groups is 1. The molecule has 2 aromatic rings. The van der Waals surface area contributed by atoms with Gasteiger partial charge in [-0.05, 0) is 36.8 Å². The molecule has 2 heterocycles. The zero-order chi connectivity index (χ0) is 13.5. The van der Waals surface area contributed by atoms with Crippen LogP contribution in [0.1, 0.15) is 18.5 Å². The zero-order valence-corrected chi connectivity index (χ0v) is 11.0. The molecular formula is C15H16N4O. The second kappa shape index (κ2) is 4.44. The maximum Gasteiger partial charge on any atom is 0.224 e. The average molecular weight is 268 g/mol. The molecule has 102 valence electrons. The van der Waals surface area contributed by atoms with E-state index in [9.17, 15) is 4.79 Å². The number of carbonyl (C=O) groups excluding carboxylic acids is 1. The van der Waals surface area contributed by atoms with Gasteiger partial charge in [0, 0.05) is 17.5 Å². The molecule has 2 aliphatic rings. The maximum absolute atomic E-state index is 12.3. The van der Waals surface area contributed by atoms with Crippen LogP contribution < -0.4 is 5.32 Å². The number of hydrogen-bond donors (Lipinski definition) is 2. The minimum atomic E-state index is 0.150. The molecule has 0 saturated heterocycles. The zero-order valence-electron chi connectivity index (χ0n) is 11.0. The number of aromatic amines is 1. The predicted octanol–water partition coefficient (Wildman–Crippen LogP) is 1.79. The van der Waals surface area contributed by atoms with Crippen LogP contribution in [0.3, 0.4) is 0 Å². The molecule has 0 spiro atoms. The number of nitrogens with one attached hydrogen (secondary N) is 2. The molecule has 1 saturated carbocycles. The third-order valence-electron chi connectivity index (χ3n) is 4.46. The number of pyridine rings is 1. The fourth-order valence-corrected chi connectivity index (χ4v) is 3.43. The lowest BCUT2D eigenvalue weighted by Gasteiger charge is -2.17. The Morgan fingerprint density at radius 3 is 3.15 bits per heavy atom. The van der Waals surface area contributed by atoms with E-state index in [0.717, 1.165) is 23.9 Å². The lowest BCUT2D eigenvalue weighted by atomic mass is 9.93. The molecule has 0 aliphatic heterocycles. The third kappa shape index (κ3) is 1.81. The summed E-state index contributed by atoms with van der Waals surface area (Å²) >= 11 is 0. The molecular weight excluding hydrogens is 252 g/mol. The van der Waals surface area contributed by atoms with E-state index in [1.165, 1.54) is 0 Å². The van der Waals surface area contributed by atoms with Crippen LogP contribution >= 0.6 is 0 Å². The fraction of sp³-hybridized carbons (Fsp3) is 0.400. The van der Waals surface area contributed by atoms with Crippen molar-refractivity contribution in [3.63, 3.8) is 0 Å². The number of amides is 1. The largest absolute Gasteiger partial charge is 0.350 e. The summed E-state index contributed by atoms with van der Waals surface area (Å²) in [5.74, 6) is 1.37. The van der Waals surface area contributed by atoms with Crippen LogP contribution in [-0.4, -0.2) is 21.1 Å². The average Bonchev–Trinajstić information content (AvgIpc) is 3.19. The Kier molecular flexibility index (Phi) is 2.58. The highest BCUT2D eigenvalue weighted by atomic mass is 16.1. The van der Waals surface area contributed by atoms with E-state index < -0.39 is 0 Å². The van der Waals surface area contributed by atoms with Crippen molar-refractivity contribution in [3.8, 4) is 0 Å². The first-order valence-electron chi connectivity index (χ1n) is 7.05.